The van der Waals surface area contributed by atoms with Gasteiger partial charge in [0, 0.05) is 38.2 Å². The molecule has 1 fully saturated rings. The Morgan fingerprint density at radius 3 is 2.81 bits per heavy atom. The van der Waals surface area contributed by atoms with Crippen molar-refractivity contribution in [2.45, 2.75) is 32.3 Å². The Morgan fingerprint density at radius 2 is 2.24 bits per heavy atom. The first-order valence-corrected chi connectivity index (χ1v) is 9.44. The molecule has 0 amide bonds. The van der Waals surface area contributed by atoms with Crippen LogP contribution < -0.4 is 5.32 Å². The highest BCUT2D eigenvalue weighted by molar-refractivity contribution is 14.1. The summed E-state index contributed by atoms with van der Waals surface area (Å²) in [6.45, 7) is 5.88. The Kier molecular flexibility index (Phi) is 7.25. The average molecular weight is 421 g/mol. The third-order valence-electron chi connectivity index (χ3n) is 3.64. The molecule has 0 bridgehead atoms. The average Bonchev–Trinajstić information content (AvgIpc) is 2.91. The van der Waals surface area contributed by atoms with Crippen molar-refractivity contribution in [3.05, 3.63) is 19.9 Å². The van der Waals surface area contributed by atoms with Crippen LogP contribution in [0, 0.1) is 2.88 Å². The van der Waals surface area contributed by atoms with E-state index in [0.29, 0.717) is 6.10 Å². The molecule has 0 spiro atoms. The van der Waals surface area contributed by atoms with Crippen LogP contribution in [0.25, 0.3) is 0 Å². The molecule has 4 nitrogen and oxygen atoms in total. The van der Waals surface area contributed by atoms with Gasteiger partial charge in [-0.3, -0.25) is 4.99 Å². The number of likely N-dealkylation sites (tertiary alicyclic amines) is 1. The molecule has 2 rings (SSSR count). The lowest BCUT2D eigenvalue weighted by Gasteiger charge is -2.34. The van der Waals surface area contributed by atoms with Crippen molar-refractivity contribution in [3.63, 3.8) is 0 Å². The maximum Gasteiger partial charge on any atom is 0.193 e. The van der Waals surface area contributed by atoms with Gasteiger partial charge in [0.2, 0.25) is 0 Å². The summed E-state index contributed by atoms with van der Waals surface area (Å²) >= 11 is 4.24. The van der Waals surface area contributed by atoms with E-state index in [-0.39, 0.29) is 0 Å². The number of nitrogens with one attached hydrogen (secondary N) is 1. The van der Waals surface area contributed by atoms with Gasteiger partial charge in [-0.15, -0.1) is 11.3 Å². The number of hydrogen-bond acceptors (Lipinski definition) is 3. The largest absolute Gasteiger partial charge is 0.378 e. The summed E-state index contributed by atoms with van der Waals surface area (Å²) in [6, 6.07) is 4.39. The van der Waals surface area contributed by atoms with Crippen molar-refractivity contribution in [2.24, 2.45) is 4.99 Å². The first-order valence-electron chi connectivity index (χ1n) is 7.54. The van der Waals surface area contributed by atoms with Crippen molar-refractivity contribution >= 4 is 39.9 Å². The van der Waals surface area contributed by atoms with Crippen LogP contribution in [0.1, 0.15) is 24.6 Å². The second-order valence-corrected chi connectivity index (χ2v) is 8.13. The first kappa shape index (κ1) is 17.0. The number of hydrogen-bond donors (Lipinski definition) is 1. The van der Waals surface area contributed by atoms with Crippen LogP contribution in [0.2, 0.25) is 0 Å². The molecule has 1 aromatic heterocycles. The molecule has 1 N–H and O–H groups in total. The van der Waals surface area contributed by atoms with Crippen LogP contribution in [0.5, 0.6) is 0 Å². The fourth-order valence-electron chi connectivity index (χ4n) is 2.59. The van der Waals surface area contributed by atoms with Crippen LogP contribution in [-0.2, 0) is 11.2 Å². The van der Waals surface area contributed by atoms with Crippen LogP contribution >= 0.6 is 33.9 Å². The molecular weight excluding hydrogens is 397 g/mol. The second kappa shape index (κ2) is 8.95. The van der Waals surface area contributed by atoms with Gasteiger partial charge >= 0.3 is 0 Å². The number of piperidine rings is 1. The van der Waals surface area contributed by atoms with Crippen molar-refractivity contribution in [3.8, 4) is 0 Å². The number of rotatable bonds is 5. The third kappa shape index (κ3) is 5.41. The Labute approximate surface area is 145 Å². The number of thiophene rings is 1. The van der Waals surface area contributed by atoms with Crippen molar-refractivity contribution in [1.29, 1.82) is 0 Å². The van der Waals surface area contributed by atoms with E-state index in [1.165, 1.54) is 7.76 Å². The molecule has 1 aliphatic heterocycles. The van der Waals surface area contributed by atoms with Gasteiger partial charge < -0.3 is 15.0 Å². The van der Waals surface area contributed by atoms with E-state index in [4.69, 9.17) is 4.74 Å². The Bertz CT molecular complexity index is 456. The highest BCUT2D eigenvalue weighted by Gasteiger charge is 2.21. The van der Waals surface area contributed by atoms with E-state index in [1.54, 1.807) is 0 Å². The normalized spacial score (nSPS) is 17.3. The summed E-state index contributed by atoms with van der Waals surface area (Å²) in [4.78, 5) is 8.18. The zero-order chi connectivity index (χ0) is 15.1. The van der Waals surface area contributed by atoms with Gasteiger partial charge in [-0.2, -0.15) is 0 Å². The predicted molar refractivity (Wildman–Crippen MR) is 98.3 cm³/mol. The number of ether oxygens (including phenoxy) is 1. The van der Waals surface area contributed by atoms with E-state index in [2.05, 4.69) is 56.9 Å². The standard InChI is InChI=1S/C15H24IN3OS/c1-3-20-12-7-10-19(11-8-12)15(17-2)18-9-6-13-4-5-14(16)21-13/h4-5,12H,3,6-11H2,1-2H3,(H,17,18). The molecule has 2 heterocycles. The summed E-state index contributed by atoms with van der Waals surface area (Å²) < 4.78 is 7.05. The smallest absolute Gasteiger partial charge is 0.193 e. The van der Waals surface area contributed by atoms with Crippen LogP contribution in [0.4, 0.5) is 0 Å². The fourth-order valence-corrected chi connectivity index (χ4v) is 4.34. The molecule has 1 saturated heterocycles. The van der Waals surface area contributed by atoms with Gasteiger partial charge in [0.05, 0.1) is 8.99 Å². The summed E-state index contributed by atoms with van der Waals surface area (Å²) in [7, 11) is 1.87. The molecular formula is C15H24IN3OS. The van der Waals surface area contributed by atoms with E-state index >= 15 is 0 Å². The molecule has 0 atom stereocenters. The molecule has 6 heteroatoms. The molecule has 1 aliphatic rings. The highest BCUT2D eigenvalue weighted by Crippen LogP contribution is 2.18. The third-order valence-corrected chi connectivity index (χ3v) is 5.59. The first-order chi connectivity index (χ1) is 10.2. The minimum atomic E-state index is 0.428. The van der Waals surface area contributed by atoms with Crippen molar-refractivity contribution in [1.82, 2.24) is 10.2 Å². The van der Waals surface area contributed by atoms with Crippen molar-refractivity contribution < 1.29 is 4.74 Å². The Balaban J connectivity index is 1.73. The van der Waals surface area contributed by atoms with Gasteiger partial charge in [-0.1, -0.05) is 0 Å². The minimum Gasteiger partial charge on any atom is -0.378 e. The Hall–Kier alpha value is -0.340. The zero-order valence-corrected chi connectivity index (χ0v) is 15.7. The fraction of sp³-hybridized carbons (Fsp3) is 0.667. The number of guanidine groups is 1. The molecule has 0 aliphatic carbocycles. The van der Waals surface area contributed by atoms with Gasteiger partial charge in [-0.05, 0) is 60.9 Å². The maximum absolute atomic E-state index is 5.70. The van der Waals surface area contributed by atoms with Crippen LogP contribution in [0.3, 0.4) is 0 Å². The second-order valence-electron chi connectivity index (χ2n) is 5.07. The number of halogens is 1. The molecule has 118 valence electrons. The van der Waals surface area contributed by atoms with E-state index in [9.17, 15) is 0 Å². The molecule has 0 radical (unpaired) electrons. The van der Waals surface area contributed by atoms with E-state index in [1.807, 2.05) is 18.4 Å². The van der Waals surface area contributed by atoms with Crippen LogP contribution in [0.15, 0.2) is 17.1 Å². The molecule has 0 saturated carbocycles. The lowest BCUT2D eigenvalue weighted by Crippen LogP contribution is -2.47. The van der Waals surface area contributed by atoms with Gasteiger partial charge in [-0.25, -0.2) is 0 Å². The lowest BCUT2D eigenvalue weighted by molar-refractivity contribution is 0.0264. The van der Waals surface area contributed by atoms with E-state index in [0.717, 1.165) is 51.5 Å². The van der Waals surface area contributed by atoms with Gasteiger partial charge in [0.25, 0.3) is 0 Å². The lowest BCUT2D eigenvalue weighted by atomic mass is 10.1. The number of nitrogens with zero attached hydrogens (tertiary/aromatic N) is 2. The molecule has 0 unspecified atom stereocenters. The monoisotopic (exact) mass is 421 g/mol. The topological polar surface area (TPSA) is 36.9 Å². The summed E-state index contributed by atoms with van der Waals surface area (Å²) in [5, 5.41) is 3.48. The van der Waals surface area contributed by atoms with Gasteiger partial charge in [0.1, 0.15) is 0 Å². The predicted octanol–water partition coefficient (Wildman–Crippen LogP) is 2.97. The zero-order valence-electron chi connectivity index (χ0n) is 12.8. The SMILES string of the molecule is CCOC1CCN(C(=NC)NCCc2ccc(I)s2)CC1. The molecule has 1 aromatic rings. The maximum atomic E-state index is 5.70. The van der Waals surface area contributed by atoms with E-state index < -0.39 is 0 Å². The Morgan fingerprint density at radius 1 is 1.48 bits per heavy atom. The summed E-state index contributed by atoms with van der Waals surface area (Å²) in [5.41, 5.74) is 0. The summed E-state index contributed by atoms with van der Waals surface area (Å²) in [6.07, 6.45) is 3.68. The van der Waals surface area contributed by atoms with Gasteiger partial charge in [0.15, 0.2) is 5.96 Å². The molecule has 0 aromatic carbocycles. The highest BCUT2D eigenvalue weighted by atomic mass is 127. The minimum absolute atomic E-state index is 0.428. The van der Waals surface area contributed by atoms with Crippen molar-refractivity contribution in [2.75, 3.05) is 33.3 Å². The summed E-state index contributed by atoms with van der Waals surface area (Å²) in [5.74, 6) is 1.02. The number of aliphatic imine (C=N–C) groups is 1. The molecule has 21 heavy (non-hydrogen) atoms. The van der Waals surface area contributed by atoms with Crippen LogP contribution in [-0.4, -0.2) is 50.3 Å². The quantitative estimate of drug-likeness (QED) is 0.451.